The lowest BCUT2D eigenvalue weighted by atomic mass is 9.77. The van der Waals surface area contributed by atoms with Gasteiger partial charge in [-0.15, -0.1) is 0 Å². The highest BCUT2D eigenvalue weighted by molar-refractivity contribution is 6.30. The van der Waals surface area contributed by atoms with E-state index in [9.17, 15) is 0 Å². The molecule has 2 saturated heterocycles. The molecule has 3 atom stereocenters. The number of benzene rings is 1. The van der Waals surface area contributed by atoms with Crippen LogP contribution < -0.4 is 5.73 Å². The number of hydrogen-bond donors (Lipinski definition) is 1. The zero-order chi connectivity index (χ0) is 10.5. The zero-order valence-corrected chi connectivity index (χ0v) is 9.20. The first kappa shape index (κ1) is 9.64. The molecule has 0 aromatic heterocycles. The zero-order valence-electron chi connectivity index (χ0n) is 8.45. The van der Waals surface area contributed by atoms with Gasteiger partial charge in [-0.1, -0.05) is 23.7 Å². The van der Waals surface area contributed by atoms with Crippen molar-refractivity contribution in [3.8, 4) is 0 Å². The second-order valence-electron chi connectivity index (χ2n) is 4.58. The molecule has 2 heterocycles. The first-order valence-electron chi connectivity index (χ1n) is 5.39. The summed E-state index contributed by atoms with van der Waals surface area (Å²) in [6.07, 6.45) is 3.76. The molecule has 0 spiro atoms. The summed E-state index contributed by atoms with van der Waals surface area (Å²) in [6.45, 7) is 0. The van der Waals surface area contributed by atoms with Crippen LogP contribution >= 0.6 is 11.6 Å². The number of nitrogens with two attached hydrogens (primary N) is 1. The first-order chi connectivity index (χ1) is 7.18. The highest BCUT2D eigenvalue weighted by Gasteiger charge is 2.50. The molecule has 0 amide bonds. The topological polar surface area (TPSA) is 35.2 Å². The van der Waals surface area contributed by atoms with E-state index in [0.717, 1.165) is 29.8 Å². The van der Waals surface area contributed by atoms with Gasteiger partial charge in [-0.05, 0) is 37.0 Å². The highest BCUT2D eigenvalue weighted by Crippen LogP contribution is 2.45. The Morgan fingerprint density at radius 2 is 2.00 bits per heavy atom. The third kappa shape index (κ3) is 1.40. The Hall–Kier alpha value is -0.570. The van der Waals surface area contributed by atoms with Gasteiger partial charge in [-0.3, -0.25) is 0 Å². The van der Waals surface area contributed by atoms with E-state index in [1.165, 1.54) is 0 Å². The van der Waals surface area contributed by atoms with E-state index in [1.807, 2.05) is 24.3 Å². The minimum Gasteiger partial charge on any atom is -0.373 e. The number of rotatable bonds is 1. The van der Waals surface area contributed by atoms with Crippen LogP contribution in [-0.2, 0) is 10.3 Å². The number of ether oxygens (including phenoxy) is 1. The molecule has 15 heavy (non-hydrogen) atoms. The summed E-state index contributed by atoms with van der Waals surface area (Å²) in [5.74, 6) is 0. The molecule has 2 aliphatic heterocycles. The van der Waals surface area contributed by atoms with Crippen molar-refractivity contribution in [2.75, 3.05) is 0 Å². The van der Waals surface area contributed by atoms with E-state index in [2.05, 4.69) is 0 Å². The van der Waals surface area contributed by atoms with Gasteiger partial charge in [0.15, 0.2) is 0 Å². The summed E-state index contributed by atoms with van der Waals surface area (Å²) < 4.78 is 5.81. The van der Waals surface area contributed by atoms with E-state index in [4.69, 9.17) is 22.1 Å². The van der Waals surface area contributed by atoms with Crippen molar-refractivity contribution in [1.82, 2.24) is 0 Å². The molecule has 3 heteroatoms. The molecule has 0 saturated carbocycles. The quantitative estimate of drug-likeness (QED) is 0.794. The van der Waals surface area contributed by atoms with Crippen molar-refractivity contribution in [2.24, 2.45) is 5.73 Å². The molecule has 2 fully saturated rings. The van der Waals surface area contributed by atoms with Crippen molar-refractivity contribution < 1.29 is 4.74 Å². The van der Waals surface area contributed by atoms with Crippen molar-refractivity contribution in [3.05, 3.63) is 34.9 Å². The predicted molar refractivity (Wildman–Crippen MR) is 59.8 cm³/mol. The Morgan fingerprint density at radius 3 is 2.53 bits per heavy atom. The molecule has 80 valence electrons. The van der Waals surface area contributed by atoms with E-state index < -0.39 is 0 Å². The van der Waals surface area contributed by atoms with E-state index in [0.29, 0.717) is 6.10 Å². The van der Waals surface area contributed by atoms with Crippen molar-refractivity contribution in [3.63, 3.8) is 0 Å². The SMILES string of the molecule is NC1(c2ccc(Cl)cc2)CC2CCC1O2. The molecule has 2 aliphatic rings. The van der Waals surface area contributed by atoms with Crippen molar-refractivity contribution >= 4 is 11.6 Å². The summed E-state index contributed by atoms with van der Waals surface area (Å²) in [5, 5.41) is 0.756. The fourth-order valence-corrected chi connectivity index (χ4v) is 2.93. The monoisotopic (exact) mass is 223 g/mol. The van der Waals surface area contributed by atoms with Crippen LogP contribution in [0.5, 0.6) is 0 Å². The van der Waals surface area contributed by atoms with Gasteiger partial charge >= 0.3 is 0 Å². The summed E-state index contributed by atoms with van der Waals surface area (Å²) in [7, 11) is 0. The van der Waals surface area contributed by atoms with Crippen LogP contribution in [0.4, 0.5) is 0 Å². The molecule has 3 rings (SSSR count). The van der Waals surface area contributed by atoms with Gasteiger partial charge in [-0.2, -0.15) is 0 Å². The van der Waals surface area contributed by atoms with Crippen LogP contribution in [-0.4, -0.2) is 12.2 Å². The fourth-order valence-electron chi connectivity index (χ4n) is 2.81. The lowest BCUT2D eigenvalue weighted by molar-refractivity contribution is 0.0853. The molecule has 0 aliphatic carbocycles. The maximum absolute atomic E-state index is 6.45. The molecule has 0 radical (unpaired) electrons. The molecule has 1 aromatic carbocycles. The van der Waals surface area contributed by atoms with Crippen LogP contribution in [0.1, 0.15) is 24.8 Å². The Bertz CT molecular complexity index is 378. The summed E-state index contributed by atoms with van der Waals surface area (Å²) in [5.41, 5.74) is 7.32. The van der Waals surface area contributed by atoms with Gasteiger partial charge in [0.2, 0.25) is 0 Å². The maximum atomic E-state index is 6.45. The third-order valence-corrected chi connectivity index (χ3v) is 3.88. The van der Waals surface area contributed by atoms with Gasteiger partial charge in [0, 0.05) is 5.02 Å². The molecule has 2 bridgehead atoms. The predicted octanol–water partition coefficient (Wildman–Crippen LogP) is 2.45. The largest absolute Gasteiger partial charge is 0.373 e. The van der Waals surface area contributed by atoms with Crippen LogP contribution in [0.25, 0.3) is 0 Å². The second kappa shape index (κ2) is 3.21. The minimum atomic E-state index is -0.284. The van der Waals surface area contributed by atoms with Crippen LogP contribution in [0.15, 0.2) is 24.3 Å². The first-order valence-corrected chi connectivity index (χ1v) is 5.77. The maximum Gasteiger partial charge on any atom is 0.0802 e. The van der Waals surface area contributed by atoms with Gasteiger partial charge in [0.1, 0.15) is 0 Å². The van der Waals surface area contributed by atoms with E-state index in [-0.39, 0.29) is 11.6 Å². The number of fused-ring (bicyclic) bond motifs is 2. The molecule has 2 N–H and O–H groups in total. The standard InChI is InChI=1S/C12H14ClNO/c13-9-3-1-8(2-4-9)12(14)7-10-5-6-11(12)15-10/h1-4,10-11H,5-7,14H2. The Kier molecular flexibility index (Phi) is 2.06. The minimum absolute atomic E-state index is 0.198. The third-order valence-electron chi connectivity index (χ3n) is 3.63. The average Bonchev–Trinajstić information content (AvgIpc) is 2.78. The molecule has 1 aromatic rings. The van der Waals surface area contributed by atoms with Crippen LogP contribution in [0.2, 0.25) is 5.02 Å². The van der Waals surface area contributed by atoms with E-state index >= 15 is 0 Å². The summed E-state index contributed by atoms with van der Waals surface area (Å²) >= 11 is 5.87. The molecular formula is C12H14ClNO. The van der Waals surface area contributed by atoms with Gasteiger partial charge in [-0.25, -0.2) is 0 Å². The average molecular weight is 224 g/mol. The van der Waals surface area contributed by atoms with Crippen molar-refractivity contribution in [1.29, 1.82) is 0 Å². The van der Waals surface area contributed by atoms with Crippen LogP contribution in [0.3, 0.4) is 0 Å². The van der Waals surface area contributed by atoms with E-state index in [1.54, 1.807) is 0 Å². The van der Waals surface area contributed by atoms with Gasteiger partial charge < -0.3 is 10.5 Å². The lowest BCUT2D eigenvalue weighted by Crippen LogP contribution is -2.45. The normalized spacial score (nSPS) is 38.5. The second-order valence-corrected chi connectivity index (χ2v) is 5.01. The molecule has 3 unspecified atom stereocenters. The van der Waals surface area contributed by atoms with Gasteiger partial charge in [0.25, 0.3) is 0 Å². The highest BCUT2D eigenvalue weighted by atomic mass is 35.5. The Balaban J connectivity index is 1.96. The summed E-state index contributed by atoms with van der Waals surface area (Å²) in [4.78, 5) is 0. The summed E-state index contributed by atoms with van der Waals surface area (Å²) in [6, 6.07) is 7.84. The molecular weight excluding hydrogens is 210 g/mol. The van der Waals surface area contributed by atoms with Crippen LogP contribution in [0, 0.1) is 0 Å². The van der Waals surface area contributed by atoms with Gasteiger partial charge in [0.05, 0.1) is 17.7 Å². The smallest absolute Gasteiger partial charge is 0.0802 e. The Labute approximate surface area is 94.4 Å². The fraction of sp³-hybridized carbons (Fsp3) is 0.500. The Morgan fingerprint density at radius 1 is 1.27 bits per heavy atom. The van der Waals surface area contributed by atoms with Crippen molar-refractivity contribution in [2.45, 2.75) is 37.0 Å². The number of hydrogen-bond acceptors (Lipinski definition) is 2. The molecule has 2 nitrogen and oxygen atoms in total. The lowest BCUT2D eigenvalue weighted by Gasteiger charge is -2.31. The number of halogens is 1.